The van der Waals surface area contributed by atoms with Gasteiger partial charge in [0.05, 0.1) is 30.5 Å². The summed E-state index contributed by atoms with van der Waals surface area (Å²) in [6.45, 7) is 9.27. The van der Waals surface area contributed by atoms with Crippen LogP contribution in [-0.4, -0.2) is 83.8 Å². The van der Waals surface area contributed by atoms with Gasteiger partial charge in [0, 0.05) is 13.5 Å². The number of piperazine rings is 1. The maximum absolute atomic E-state index is 13.9. The van der Waals surface area contributed by atoms with Gasteiger partial charge < -0.3 is 24.0 Å². The van der Waals surface area contributed by atoms with Crippen molar-refractivity contribution >= 4 is 29.5 Å². The molecule has 2 heterocycles. The molecule has 1 saturated carbocycles. The zero-order valence-corrected chi connectivity index (χ0v) is 26.3. The van der Waals surface area contributed by atoms with Gasteiger partial charge >= 0.3 is 11.9 Å². The van der Waals surface area contributed by atoms with Crippen LogP contribution in [0, 0.1) is 11.3 Å². The molecule has 1 aromatic carbocycles. The number of amides is 2. The Morgan fingerprint density at radius 2 is 1.69 bits per heavy atom. The van der Waals surface area contributed by atoms with Gasteiger partial charge in [-0.1, -0.05) is 55.3 Å². The Hall–Kier alpha value is -3.79. The monoisotopic (exact) mass is 622 g/mol. The zero-order valence-electron chi connectivity index (χ0n) is 26.3. The van der Waals surface area contributed by atoms with E-state index in [0.717, 1.165) is 24.8 Å². The number of hydrogen-bond acceptors (Lipinski definition) is 8. The number of likely N-dealkylation sites (tertiary alicyclic amines) is 1. The molecule has 3 atom stereocenters. The van der Waals surface area contributed by atoms with E-state index in [0.29, 0.717) is 38.5 Å². The van der Waals surface area contributed by atoms with Crippen LogP contribution >= 0.6 is 0 Å². The first kappa shape index (κ1) is 34.1. The number of ether oxygens (including phenoxy) is 3. The molecule has 10 nitrogen and oxygen atoms in total. The van der Waals surface area contributed by atoms with Crippen molar-refractivity contribution in [1.29, 1.82) is 0 Å². The quantitative estimate of drug-likeness (QED) is 0.153. The first-order valence-corrected chi connectivity index (χ1v) is 16.0. The second-order valence-corrected chi connectivity index (χ2v) is 12.4. The summed E-state index contributed by atoms with van der Waals surface area (Å²) in [5.41, 5.74) is -0.0938. The predicted molar refractivity (Wildman–Crippen MR) is 166 cm³/mol. The van der Waals surface area contributed by atoms with E-state index in [2.05, 4.69) is 13.2 Å². The minimum atomic E-state index is -1.04. The molecule has 3 aliphatic rings. The van der Waals surface area contributed by atoms with Crippen molar-refractivity contribution in [3.63, 3.8) is 0 Å². The van der Waals surface area contributed by atoms with Crippen molar-refractivity contribution < 1.29 is 38.2 Å². The molecule has 0 N–H and O–H groups in total. The van der Waals surface area contributed by atoms with E-state index in [1.54, 1.807) is 17.1 Å². The molecule has 2 aliphatic heterocycles. The smallest absolute Gasteiger partial charge is 0.309 e. The Morgan fingerprint density at radius 1 is 1.00 bits per heavy atom. The molecule has 45 heavy (non-hydrogen) atoms. The zero-order chi connectivity index (χ0) is 32.4. The van der Waals surface area contributed by atoms with Crippen LogP contribution in [0.4, 0.5) is 0 Å². The van der Waals surface area contributed by atoms with Gasteiger partial charge in [0.15, 0.2) is 0 Å². The van der Waals surface area contributed by atoms with Gasteiger partial charge in [0.2, 0.25) is 11.7 Å². The van der Waals surface area contributed by atoms with E-state index in [1.165, 1.54) is 11.8 Å². The van der Waals surface area contributed by atoms with Crippen molar-refractivity contribution in [2.75, 3.05) is 26.3 Å². The highest BCUT2D eigenvalue weighted by atomic mass is 16.6. The number of ketones is 1. The normalized spacial score (nSPS) is 21.2. The predicted octanol–water partition coefficient (Wildman–Crippen LogP) is 4.17. The number of allylic oxidation sites excluding steroid dienone is 2. The molecule has 2 saturated heterocycles. The topological polar surface area (TPSA) is 120 Å². The highest BCUT2D eigenvalue weighted by Crippen LogP contribution is 2.41. The van der Waals surface area contributed by atoms with Crippen molar-refractivity contribution in [1.82, 2.24) is 9.80 Å². The van der Waals surface area contributed by atoms with Gasteiger partial charge in [0.25, 0.3) is 5.91 Å². The Kier molecular flexibility index (Phi) is 12.1. The third-order valence-corrected chi connectivity index (χ3v) is 9.19. The molecule has 0 aromatic heterocycles. The van der Waals surface area contributed by atoms with Crippen molar-refractivity contribution in [3.8, 4) is 0 Å². The third-order valence-electron chi connectivity index (χ3n) is 9.19. The number of carbonyl (C=O) groups excluding carboxylic acids is 5. The highest BCUT2D eigenvalue weighted by Gasteiger charge is 2.52. The summed E-state index contributed by atoms with van der Waals surface area (Å²) in [4.78, 5) is 69.0. The van der Waals surface area contributed by atoms with Crippen LogP contribution in [0.15, 0.2) is 55.6 Å². The molecule has 244 valence electrons. The number of carbonyl (C=O) groups is 5. The fourth-order valence-corrected chi connectivity index (χ4v) is 6.77. The molecule has 3 fully saturated rings. The molecule has 2 unspecified atom stereocenters. The fourth-order valence-electron chi connectivity index (χ4n) is 6.77. The maximum atomic E-state index is 13.9. The molecular formula is C35H46N2O8. The Balaban J connectivity index is 1.47. The van der Waals surface area contributed by atoms with Crippen LogP contribution in [0.3, 0.4) is 0 Å². The Labute approximate surface area is 265 Å². The summed E-state index contributed by atoms with van der Waals surface area (Å²) < 4.78 is 17.1. The number of hydrogen-bond donors (Lipinski definition) is 0. The average Bonchev–Trinajstić information content (AvgIpc) is 3.53. The lowest BCUT2D eigenvalue weighted by atomic mass is 9.80. The van der Waals surface area contributed by atoms with Crippen LogP contribution in [0.25, 0.3) is 0 Å². The van der Waals surface area contributed by atoms with E-state index in [4.69, 9.17) is 14.2 Å². The number of benzene rings is 1. The minimum absolute atomic E-state index is 0.0463. The Bertz CT molecular complexity index is 1230. The van der Waals surface area contributed by atoms with Crippen LogP contribution in [0.1, 0.15) is 70.3 Å². The standard InChI is InChI=1S/C35H46N2O8/c1-4-12-27(13-5-2)34(42)44-23-29(43-22-26-14-7-6-8-15-26)21-36-20-28-16-11-17-30(32(36)40)37(28)33(41)31(39)35(18-9-10-19-35)24-45-25(3)38/h4-8,14-15,27-30H,1-2,9-13,16-24H2,3H3/t28?,29-,30?/m0/s1. The SMILES string of the molecule is C=CCC(CC=C)C(=O)OC[C@H](CN1CC2CCCC(C1=O)N2C(=O)C(=O)C1(COC(C)=O)CCCC1)OCc1ccccc1. The van der Waals surface area contributed by atoms with Crippen molar-refractivity contribution in [2.45, 2.75) is 89.5 Å². The second-order valence-electron chi connectivity index (χ2n) is 12.4. The summed E-state index contributed by atoms with van der Waals surface area (Å²) >= 11 is 0. The lowest BCUT2D eigenvalue weighted by Gasteiger charge is -2.50. The lowest BCUT2D eigenvalue weighted by Crippen LogP contribution is -2.67. The highest BCUT2D eigenvalue weighted by molar-refractivity contribution is 6.38. The average molecular weight is 623 g/mol. The number of rotatable bonds is 16. The van der Waals surface area contributed by atoms with E-state index >= 15 is 0 Å². The van der Waals surface area contributed by atoms with Crippen LogP contribution in [0.2, 0.25) is 0 Å². The van der Waals surface area contributed by atoms with Gasteiger partial charge in [-0.2, -0.15) is 0 Å². The molecule has 0 radical (unpaired) electrons. The number of piperidine rings is 1. The van der Waals surface area contributed by atoms with Gasteiger partial charge in [0.1, 0.15) is 25.4 Å². The van der Waals surface area contributed by atoms with E-state index < -0.39 is 41.1 Å². The summed E-state index contributed by atoms with van der Waals surface area (Å²) in [5.74, 6) is -2.74. The lowest BCUT2D eigenvalue weighted by molar-refractivity contribution is -0.169. The molecule has 0 spiro atoms. The first-order valence-electron chi connectivity index (χ1n) is 16.0. The van der Waals surface area contributed by atoms with Crippen molar-refractivity contribution in [3.05, 3.63) is 61.2 Å². The van der Waals surface area contributed by atoms with E-state index in [-0.39, 0.29) is 50.8 Å². The van der Waals surface area contributed by atoms with Crippen LogP contribution in [0.5, 0.6) is 0 Å². The molecule has 10 heteroatoms. The van der Waals surface area contributed by atoms with E-state index in [1.807, 2.05) is 30.3 Å². The number of Topliss-reactive ketones (excluding diaryl/α,β-unsaturated/α-hetero) is 1. The molecule has 4 rings (SSSR count). The Morgan fingerprint density at radius 3 is 2.33 bits per heavy atom. The number of esters is 2. The molecule has 1 aliphatic carbocycles. The van der Waals surface area contributed by atoms with Crippen LogP contribution < -0.4 is 0 Å². The van der Waals surface area contributed by atoms with Crippen LogP contribution in [-0.2, 0) is 44.8 Å². The van der Waals surface area contributed by atoms with Gasteiger partial charge in [-0.15, -0.1) is 13.2 Å². The molecule has 2 amide bonds. The van der Waals surface area contributed by atoms with Gasteiger partial charge in [-0.25, -0.2) is 0 Å². The summed E-state index contributed by atoms with van der Waals surface area (Å²) in [6, 6.07) is 8.51. The molecule has 1 aromatic rings. The fraction of sp³-hybridized carbons (Fsp3) is 0.571. The summed E-state index contributed by atoms with van der Waals surface area (Å²) in [6.07, 6.45) is 8.04. The number of fused-ring (bicyclic) bond motifs is 2. The number of nitrogens with zero attached hydrogens (tertiary/aromatic N) is 2. The first-order chi connectivity index (χ1) is 21.7. The van der Waals surface area contributed by atoms with Gasteiger partial charge in [-0.3, -0.25) is 24.0 Å². The van der Waals surface area contributed by atoms with Gasteiger partial charge in [-0.05, 0) is 50.5 Å². The van der Waals surface area contributed by atoms with E-state index in [9.17, 15) is 24.0 Å². The second kappa shape index (κ2) is 16.0. The van der Waals surface area contributed by atoms with Crippen molar-refractivity contribution in [2.24, 2.45) is 11.3 Å². The summed E-state index contributed by atoms with van der Waals surface area (Å²) in [5, 5.41) is 0. The largest absolute Gasteiger partial charge is 0.465 e. The maximum Gasteiger partial charge on any atom is 0.309 e. The molecule has 2 bridgehead atoms. The minimum Gasteiger partial charge on any atom is -0.465 e. The third kappa shape index (κ3) is 8.48. The molecular weight excluding hydrogens is 576 g/mol. The summed E-state index contributed by atoms with van der Waals surface area (Å²) in [7, 11) is 0.